The summed E-state index contributed by atoms with van der Waals surface area (Å²) in [4.78, 5) is 27.7. The summed E-state index contributed by atoms with van der Waals surface area (Å²) in [6.07, 6.45) is 3.99. The van der Waals surface area contributed by atoms with Crippen LogP contribution in [0.2, 0.25) is 0 Å². The van der Waals surface area contributed by atoms with Crippen LogP contribution in [0.3, 0.4) is 0 Å². The van der Waals surface area contributed by atoms with Crippen molar-refractivity contribution in [3.63, 3.8) is 0 Å². The molecule has 1 aromatic rings. The third-order valence-electron chi connectivity index (χ3n) is 3.41. The van der Waals surface area contributed by atoms with Gasteiger partial charge in [-0.2, -0.15) is 0 Å². The van der Waals surface area contributed by atoms with Crippen molar-refractivity contribution in [1.29, 1.82) is 0 Å². The van der Waals surface area contributed by atoms with E-state index >= 15 is 0 Å². The van der Waals surface area contributed by atoms with Gasteiger partial charge in [-0.25, -0.2) is 0 Å². The normalized spacial score (nSPS) is 16.6. The third kappa shape index (κ3) is 3.20. The van der Waals surface area contributed by atoms with E-state index in [1.807, 2.05) is 0 Å². The molecule has 0 aromatic carbocycles. The largest absolute Gasteiger partial charge is 0.350 e. The van der Waals surface area contributed by atoms with Crippen molar-refractivity contribution in [3.8, 4) is 0 Å². The Hall–Kier alpha value is -1.62. The van der Waals surface area contributed by atoms with E-state index in [0.717, 1.165) is 0 Å². The molecule has 0 aliphatic heterocycles. The Morgan fingerprint density at radius 2 is 2.33 bits per heavy atom. The van der Waals surface area contributed by atoms with Gasteiger partial charge in [-0.05, 0) is 32.9 Å². The number of hydrogen-bond donors (Lipinski definition) is 2. The summed E-state index contributed by atoms with van der Waals surface area (Å²) in [5, 5.41) is 2.86. The molecule has 1 amide bonds. The molecule has 2 rings (SSSR count). The predicted molar refractivity (Wildman–Crippen MR) is 69.6 cm³/mol. The van der Waals surface area contributed by atoms with E-state index in [1.165, 1.54) is 25.1 Å². The topological polar surface area (TPSA) is 65.2 Å². The van der Waals surface area contributed by atoms with Gasteiger partial charge in [0, 0.05) is 36.5 Å². The van der Waals surface area contributed by atoms with Crippen molar-refractivity contribution < 1.29 is 4.79 Å². The number of H-pyrrole nitrogens is 1. The second-order valence-corrected chi connectivity index (χ2v) is 4.90. The molecule has 5 nitrogen and oxygen atoms in total. The van der Waals surface area contributed by atoms with E-state index in [0.29, 0.717) is 24.2 Å². The highest BCUT2D eigenvalue weighted by atomic mass is 16.2. The lowest BCUT2D eigenvalue weighted by Gasteiger charge is -2.24. The summed E-state index contributed by atoms with van der Waals surface area (Å²) < 4.78 is 0. The van der Waals surface area contributed by atoms with E-state index in [9.17, 15) is 9.59 Å². The van der Waals surface area contributed by atoms with Crippen LogP contribution in [0.5, 0.6) is 0 Å². The highest BCUT2D eigenvalue weighted by molar-refractivity contribution is 5.93. The van der Waals surface area contributed by atoms with E-state index in [2.05, 4.69) is 29.2 Å². The second kappa shape index (κ2) is 5.35. The number of aromatic amines is 1. The van der Waals surface area contributed by atoms with Crippen LogP contribution in [0.15, 0.2) is 23.1 Å². The number of likely N-dealkylation sites (N-methyl/N-ethyl adjacent to an activating group) is 1. The van der Waals surface area contributed by atoms with Gasteiger partial charge in [0.2, 0.25) is 5.56 Å². The maximum Gasteiger partial charge on any atom is 0.251 e. The molecule has 1 unspecified atom stereocenters. The molecule has 1 heterocycles. The summed E-state index contributed by atoms with van der Waals surface area (Å²) in [6, 6.07) is 3.90. The minimum atomic E-state index is -0.259. The van der Waals surface area contributed by atoms with Crippen molar-refractivity contribution in [2.75, 3.05) is 13.6 Å². The molecular weight excluding hydrogens is 230 g/mol. The van der Waals surface area contributed by atoms with Gasteiger partial charge >= 0.3 is 0 Å². The Bertz CT molecular complexity index is 479. The Morgan fingerprint density at radius 1 is 1.61 bits per heavy atom. The monoisotopic (exact) mass is 249 g/mol. The lowest BCUT2D eigenvalue weighted by Crippen LogP contribution is -2.41. The van der Waals surface area contributed by atoms with Gasteiger partial charge < -0.3 is 10.3 Å². The Morgan fingerprint density at radius 3 is 2.94 bits per heavy atom. The standard InChI is InChI=1S/C13H19N3O2/c1-9(16(2)11-3-4-11)8-15-13(18)10-5-6-14-12(17)7-10/h5-7,9,11H,3-4,8H2,1-2H3,(H,14,17)(H,15,18). The smallest absolute Gasteiger partial charge is 0.251 e. The minimum Gasteiger partial charge on any atom is -0.350 e. The average molecular weight is 249 g/mol. The van der Waals surface area contributed by atoms with Crippen molar-refractivity contribution in [1.82, 2.24) is 15.2 Å². The Kier molecular flexibility index (Phi) is 3.81. The van der Waals surface area contributed by atoms with E-state index in [-0.39, 0.29) is 11.5 Å². The number of amides is 1. The molecule has 1 aromatic heterocycles. The van der Waals surface area contributed by atoms with Gasteiger partial charge in [-0.15, -0.1) is 0 Å². The fourth-order valence-electron chi connectivity index (χ4n) is 1.91. The van der Waals surface area contributed by atoms with Gasteiger partial charge in [0.1, 0.15) is 0 Å². The van der Waals surface area contributed by atoms with Crippen LogP contribution in [0.25, 0.3) is 0 Å². The zero-order chi connectivity index (χ0) is 13.1. The molecule has 1 aliphatic carbocycles. The maximum absolute atomic E-state index is 11.8. The molecule has 5 heteroatoms. The van der Waals surface area contributed by atoms with Crippen molar-refractivity contribution in [2.45, 2.75) is 31.8 Å². The molecular formula is C13H19N3O2. The van der Waals surface area contributed by atoms with Crippen molar-refractivity contribution in [2.24, 2.45) is 0 Å². The van der Waals surface area contributed by atoms with E-state index in [1.54, 1.807) is 6.07 Å². The molecule has 98 valence electrons. The van der Waals surface area contributed by atoms with Gasteiger partial charge in [0.05, 0.1) is 0 Å². The van der Waals surface area contributed by atoms with Crippen LogP contribution in [0.1, 0.15) is 30.1 Å². The molecule has 18 heavy (non-hydrogen) atoms. The lowest BCUT2D eigenvalue weighted by atomic mass is 10.2. The van der Waals surface area contributed by atoms with Gasteiger partial charge in [0.15, 0.2) is 0 Å². The highest BCUT2D eigenvalue weighted by Gasteiger charge is 2.29. The number of rotatable bonds is 5. The Labute approximate surface area is 106 Å². The summed E-state index contributed by atoms with van der Waals surface area (Å²) in [5.74, 6) is -0.197. The van der Waals surface area contributed by atoms with Crippen LogP contribution in [0.4, 0.5) is 0 Å². The number of nitrogens with one attached hydrogen (secondary N) is 2. The van der Waals surface area contributed by atoms with Crippen LogP contribution in [0, 0.1) is 0 Å². The fraction of sp³-hybridized carbons (Fsp3) is 0.538. The number of carbonyl (C=O) groups excluding carboxylic acids is 1. The SMILES string of the molecule is CC(CNC(=O)c1cc[nH]c(=O)c1)N(C)C1CC1. The maximum atomic E-state index is 11.8. The molecule has 2 N–H and O–H groups in total. The van der Waals surface area contributed by atoms with Crippen LogP contribution < -0.4 is 10.9 Å². The second-order valence-electron chi connectivity index (χ2n) is 4.90. The van der Waals surface area contributed by atoms with Crippen LogP contribution in [-0.2, 0) is 0 Å². The molecule has 0 radical (unpaired) electrons. The van der Waals surface area contributed by atoms with Gasteiger partial charge in [-0.1, -0.05) is 0 Å². The zero-order valence-electron chi connectivity index (χ0n) is 10.8. The molecule has 0 saturated heterocycles. The minimum absolute atomic E-state index is 0.197. The Balaban J connectivity index is 1.86. The van der Waals surface area contributed by atoms with E-state index < -0.39 is 0 Å². The summed E-state index contributed by atoms with van der Waals surface area (Å²) in [6.45, 7) is 2.69. The quantitative estimate of drug-likeness (QED) is 0.802. The third-order valence-corrected chi connectivity index (χ3v) is 3.41. The first-order valence-corrected chi connectivity index (χ1v) is 6.27. The number of hydrogen-bond acceptors (Lipinski definition) is 3. The predicted octanol–water partition coefficient (Wildman–Crippen LogP) is 0.587. The number of carbonyl (C=O) groups is 1. The number of pyridine rings is 1. The molecule has 0 bridgehead atoms. The first-order chi connectivity index (χ1) is 8.58. The first-order valence-electron chi connectivity index (χ1n) is 6.27. The van der Waals surface area contributed by atoms with Crippen molar-refractivity contribution in [3.05, 3.63) is 34.2 Å². The summed E-state index contributed by atoms with van der Waals surface area (Å²) in [7, 11) is 2.09. The lowest BCUT2D eigenvalue weighted by molar-refractivity contribution is 0.0939. The summed E-state index contributed by atoms with van der Waals surface area (Å²) >= 11 is 0. The summed E-state index contributed by atoms with van der Waals surface area (Å²) in [5.41, 5.74) is 0.144. The van der Waals surface area contributed by atoms with Gasteiger partial charge in [0.25, 0.3) is 5.91 Å². The number of aromatic nitrogens is 1. The van der Waals surface area contributed by atoms with Gasteiger partial charge in [-0.3, -0.25) is 14.5 Å². The molecule has 1 fully saturated rings. The van der Waals surface area contributed by atoms with E-state index in [4.69, 9.17) is 0 Å². The fourth-order valence-corrected chi connectivity index (χ4v) is 1.91. The first kappa shape index (κ1) is 12.8. The average Bonchev–Trinajstić information content (AvgIpc) is 3.18. The van der Waals surface area contributed by atoms with Crippen molar-refractivity contribution >= 4 is 5.91 Å². The highest BCUT2D eigenvalue weighted by Crippen LogP contribution is 2.26. The zero-order valence-corrected chi connectivity index (χ0v) is 10.8. The molecule has 1 aliphatic rings. The molecule has 1 saturated carbocycles. The van der Waals surface area contributed by atoms with Crippen LogP contribution in [-0.4, -0.2) is 41.5 Å². The van der Waals surface area contributed by atoms with Crippen LogP contribution >= 0.6 is 0 Å². The number of nitrogens with zero attached hydrogens (tertiary/aromatic N) is 1. The molecule has 0 spiro atoms. The molecule has 1 atom stereocenters.